The van der Waals surface area contributed by atoms with Gasteiger partial charge >= 0.3 is 0 Å². The summed E-state index contributed by atoms with van der Waals surface area (Å²) < 4.78 is 0. The molecule has 10 rings (SSSR count). The molecule has 0 radical (unpaired) electrons. The van der Waals surface area contributed by atoms with Crippen LogP contribution < -0.4 is 4.90 Å². The third kappa shape index (κ3) is 4.70. The molecule has 2 aliphatic carbocycles. The van der Waals surface area contributed by atoms with Crippen LogP contribution in [0.2, 0.25) is 0 Å². The van der Waals surface area contributed by atoms with E-state index in [1.165, 1.54) is 66.8 Å². The number of nitrogens with zero attached hydrogens (tertiary/aromatic N) is 1. The van der Waals surface area contributed by atoms with Crippen LogP contribution in [0.25, 0.3) is 33.4 Å². The minimum Gasteiger partial charge on any atom is -0.310 e. The highest BCUT2D eigenvalue weighted by atomic mass is 15.1. The molecule has 0 spiro atoms. The molecule has 2 aliphatic rings. The zero-order valence-corrected chi connectivity index (χ0v) is 30.0. The lowest BCUT2D eigenvalue weighted by molar-refractivity contribution is 0.660. The zero-order chi connectivity index (χ0) is 35.6. The maximum atomic E-state index is 2.43. The molecule has 8 aromatic carbocycles. The van der Waals surface area contributed by atoms with Gasteiger partial charge in [-0.15, -0.1) is 0 Å². The van der Waals surface area contributed by atoms with Crippen molar-refractivity contribution >= 4 is 17.1 Å². The lowest BCUT2D eigenvalue weighted by Crippen LogP contribution is -2.28. The van der Waals surface area contributed by atoms with Crippen LogP contribution in [0.1, 0.15) is 47.2 Å². The van der Waals surface area contributed by atoms with Crippen molar-refractivity contribution in [3.8, 4) is 33.4 Å². The largest absolute Gasteiger partial charge is 0.310 e. The van der Waals surface area contributed by atoms with E-state index in [9.17, 15) is 0 Å². The molecule has 0 bridgehead atoms. The van der Waals surface area contributed by atoms with Gasteiger partial charge in [-0.05, 0) is 103 Å². The van der Waals surface area contributed by atoms with Crippen molar-refractivity contribution in [2.24, 2.45) is 0 Å². The molecule has 53 heavy (non-hydrogen) atoms. The average molecular weight is 678 g/mol. The van der Waals surface area contributed by atoms with E-state index in [1.54, 1.807) is 0 Å². The number of hydrogen-bond acceptors (Lipinski definition) is 1. The summed E-state index contributed by atoms with van der Waals surface area (Å²) in [5.74, 6) is 0. The fourth-order valence-electron chi connectivity index (χ4n) is 9.31. The number of hydrogen-bond donors (Lipinski definition) is 0. The van der Waals surface area contributed by atoms with E-state index in [0.29, 0.717) is 0 Å². The van der Waals surface area contributed by atoms with Crippen molar-refractivity contribution in [1.29, 1.82) is 0 Å². The molecule has 0 aliphatic heterocycles. The van der Waals surface area contributed by atoms with Crippen molar-refractivity contribution in [1.82, 2.24) is 0 Å². The van der Waals surface area contributed by atoms with Gasteiger partial charge in [0.15, 0.2) is 0 Å². The first-order chi connectivity index (χ1) is 26.0. The van der Waals surface area contributed by atoms with Gasteiger partial charge in [0.1, 0.15) is 0 Å². The fourth-order valence-corrected chi connectivity index (χ4v) is 9.31. The van der Waals surface area contributed by atoms with E-state index in [2.05, 4.69) is 219 Å². The Labute approximate surface area is 312 Å². The van der Waals surface area contributed by atoms with E-state index in [1.807, 2.05) is 0 Å². The molecular weight excluding hydrogens is 639 g/mol. The molecule has 1 nitrogen and oxygen atoms in total. The fraction of sp³-hybridized carbons (Fsp3) is 0.0769. The second kappa shape index (κ2) is 12.1. The molecule has 0 unspecified atom stereocenters. The highest BCUT2D eigenvalue weighted by molar-refractivity contribution is 5.88. The van der Waals surface area contributed by atoms with E-state index >= 15 is 0 Å². The Morgan fingerprint density at radius 2 is 0.792 bits per heavy atom. The lowest BCUT2D eigenvalue weighted by Gasteiger charge is -2.34. The first-order valence-corrected chi connectivity index (χ1v) is 18.6. The maximum Gasteiger partial charge on any atom is 0.0713 e. The van der Waals surface area contributed by atoms with Gasteiger partial charge in [0, 0.05) is 22.5 Å². The topological polar surface area (TPSA) is 3.24 Å². The Morgan fingerprint density at radius 3 is 1.45 bits per heavy atom. The van der Waals surface area contributed by atoms with Crippen LogP contribution in [0, 0.1) is 0 Å². The molecule has 8 aromatic rings. The Balaban J connectivity index is 1.16. The summed E-state index contributed by atoms with van der Waals surface area (Å²) in [4.78, 5) is 2.43. The Morgan fingerprint density at radius 1 is 0.321 bits per heavy atom. The van der Waals surface area contributed by atoms with Crippen LogP contribution >= 0.6 is 0 Å². The molecule has 0 saturated carbocycles. The van der Waals surface area contributed by atoms with Crippen LogP contribution in [0.4, 0.5) is 17.1 Å². The smallest absolute Gasteiger partial charge is 0.0713 e. The minimum absolute atomic E-state index is 0.103. The van der Waals surface area contributed by atoms with Gasteiger partial charge in [0.05, 0.1) is 5.41 Å². The molecule has 1 heteroatoms. The maximum absolute atomic E-state index is 2.43. The highest BCUT2D eigenvalue weighted by Crippen LogP contribution is 2.56. The summed E-state index contributed by atoms with van der Waals surface area (Å²) in [6.45, 7) is 4.72. The van der Waals surface area contributed by atoms with E-state index in [-0.39, 0.29) is 5.41 Å². The predicted octanol–water partition coefficient (Wildman–Crippen LogP) is 13.5. The second-order valence-corrected chi connectivity index (χ2v) is 14.9. The van der Waals surface area contributed by atoms with Gasteiger partial charge in [0.2, 0.25) is 0 Å². The summed E-state index contributed by atoms with van der Waals surface area (Å²) in [6.07, 6.45) is 0. The van der Waals surface area contributed by atoms with E-state index in [4.69, 9.17) is 0 Å². The summed E-state index contributed by atoms with van der Waals surface area (Å²) in [6, 6.07) is 73.9. The highest BCUT2D eigenvalue weighted by Gasteiger charge is 2.46. The van der Waals surface area contributed by atoms with Crippen LogP contribution in [-0.4, -0.2) is 0 Å². The lowest BCUT2D eigenvalue weighted by atomic mass is 9.68. The third-order valence-electron chi connectivity index (χ3n) is 11.8. The summed E-state index contributed by atoms with van der Waals surface area (Å²) >= 11 is 0. The van der Waals surface area contributed by atoms with Crippen LogP contribution in [0.5, 0.6) is 0 Å². The number of rotatable bonds is 6. The average Bonchev–Trinajstić information content (AvgIpc) is 3.65. The van der Waals surface area contributed by atoms with Crippen LogP contribution in [-0.2, 0) is 10.8 Å². The first kappa shape index (κ1) is 31.3. The molecule has 0 fully saturated rings. The van der Waals surface area contributed by atoms with Crippen LogP contribution in [0.3, 0.4) is 0 Å². The summed E-state index contributed by atoms with van der Waals surface area (Å²) in [5.41, 5.74) is 18.5. The van der Waals surface area contributed by atoms with Crippen molar-refractivity contribution in [3.05, 3.63) is 234 Å². The third-order valence-corrected chi connectivity index (χ3v) is 11.8. The molecule has 0 N–H and O–H groups in total. The molecule has 0 amide bonds. The van der Waals surface area contributed by atoms with E-state index in [0.717, 1.165) is 17.1 Å². The summed E-state index contributed by atoms with van der Waals surface area (Å²) in [5, 5.41) is 0. The number of anilines is 3. The zero-order valence-electron chi connectivity index (χ0n) is 30.0. The first-order valence-electron chi connectivity index (χ1n) is 18.6. The minimum atomic E-state index is -0.436. The number of benzene rings is 8. The van der Waals surface area contributed by atoms with Gasteiger partial charge in [0.25, 0.3) is 0 Å². The molecule has 252 valence electrons. The van der Waals surface area contributed by atoms with Crippen molar-refractivity contribution < 1.29 is 0 Å². The van der Waals surface area contributed by atoms with Gasteiger partial charge in [-0.2, -0.15) is 0 Å². The number of fused-ring (bicyclic) bond motifs is 6. The SMILES string of the molecule is CC1(C)c2ccccc2-c2ccc(N(c3ccc(C4(c5ccccc5)c5ccccc5-c5ccccc54)cc3)c3cccc(-c4ccccc4)c3)cc21. The molecular formula is C52H39N. The van der Waals surface area contributed by atoms with Crippen LogP contribution in [0.15, 0.2) is 200 Å². The van der Waals surface area contributed by atoms with Crippen molar-refractivity contribution in [2.75, 3.05) is 4.90 Å². The molecule has 0 heterocycles. The normalized spacial score (nSPS) is 14.2. The monoisotopic (exact) mass is 677 g/mol. The standard InChI is InChI=1S/C52H39N/c1-51(2)47-25-12-9-22-43(47)46-33-32-42(35-50(46)51)53(41-21-15-18-37(34-41)36-16-5-3-6-17-36)40-30-28-39(29-31-40)52(38-19-7-4-8-20-38)48-26-13-10-23-44(48)45-24-11-14-27-49(45)52/h3-35H,1-2H3. The van der Waals surface area contributed by atoms with E-state index < -0.39 is 5.41 Å². The quantitative estimate of drug-likeness (QED) is 0.169. The second-order valence-electron chi connectivity index (χ2n) is 14.9. The molecule has 0 atom stereocenters. The Kier molecular flexibility index (Phi) is 7.13. The molecule has 0 aromatic heterocycles. The predicted molar refractivity (Wildman–Crippen MR) is 221 cm³/mol. The molecule has 0 saturated heterocycles. The van der Waals surface area contributed by atoms with Gasteiger partial charge in [-0.25, -0.2) is 0 Å². The van der Waals surface area contributed by atoms with Crippen molar-refractivity contribution in [2.45, 2.75) is 24.7 Å². The summed E-state index contributed by atoms with van der Waals surface area (Å²) in [7, 11) is 0. The van der Waals surface area contributed by atoms with Gasteiger partial charge in [-0.1, -0.05) is 178 Å². The Bertz CT molecular complexity index is 2590. The van der Waals surface area contributed by atoms with Gasteiger partial charge in [-0.3, -0.25) is 0 Å². The van der Waals surface area contributed by atoms with Gasteiger partial charge < -0.3 is 4.90 Å². The van der Waals surface area contributed by atoms with Crippen molar-refractivity contribution in [3.63, 3.8) is 0 Å². The Hall–Kier alpha value is -6.44.